The fourth-order valence-corrected chi connectivity index (χ4v) is 4.37. The fraction of sp³-hybridized carbons (Fsp3) is 0.185. The Hall–Kier alpha value is -3.91. The minimum absolute atomic E-state index is 0.186. The van der Waals surface area contributed by atoms with Gasteiger partial charge in [-0.15, -0.1) is 0 Å². The zero-order chi connectivity index (χ0) is 24.7. The topological polar surface area (TPSA) is 71.6 Å². The third-order valence-electron chi connectivity index (χ3n) is 6.28. The Morgan fingerprint density at radius 1 is 1.09 bits per heavy atom. The van der Waals surface area contributed by atoms with Gasteiger partial charge in [0, 0.05) is 29.3 Å². The number of fused-ring (bicyclic) bond motifs is 3. The Morgan fingerprint density at radius 3 is 2.43 bits per heavy atom. The fourth-order valence-electron chi connectivity index (χ4n) is 4.37. The number of ether oxygens (including phenoxy) is 2. The number of rotatable bonds is 4. The predicted octanol–water partition coefficient (Wildman–Crippen LogP) is 3.91. The Kier molecular flexibility index (Phi) is 5.90. The number of nitrogens with zero attached hydrogens (tertiary/aromatic N) is 1. The van der Waals surface area contributed by atoms with E-state index in [0.29, 0.717) is 50.1 Å². The third-order valence-corrected chi connectivity index (χ3v) is 6.28. The van der Waals surface area contributed by atoms with E-state index in [9.17, 15) is 14.0 Å². The van der Waals surface area contributed by atoms with Crippen LogP contribution in [-0.4, -0.2) is 37.3 Å². The molecule has 0 aliphatic carbocycles. The smallest absolute Gasteiger partial charge is 0.256 e. The number of aryl methyl sites for hydroxylation is 1. The molecule has 0 bridgehead atoms. The van der Waals surface area contributed by atoms with Crippen LogP contribution >= 0.6 is 0 Å². The monoisotopic (exact) mass is 468 g/mol. The van der Waals surface area contributed by atoms with Gasteiger partial charge in [-0.05, 0) is 66.4 Å². The zero-order valence-corrected chi connectivity index (χ0v) is 19.3. The molecule has 1 aliphatic rings. The molecule has 2 heterocycles. The van der Waals surface area contributed by atoms with E-state index in [-0.39, 0.29) is 24.7 Å². The summed E-state index contributed by atoms with van der Waals surface area (Å²) in [6.07, 6.45) is 0. The lowest BCUT2D eigenvalue weighted by Crippen LogP contribution is -2.37. The van der Waals surface area contributed by atoms with E-state index in [1.165, 1.54) is 12.1 Å². The van der Waals surface area contributed by atoms with Gasteiger partial charge in [-0.1, -0.05) is 17.6 Å². The molecule has 3 aromatic carbocycles. The van der Waals surface area contributed by atoms with Crippen LogP contribution in [0.15, 0.2) is 65.5 Å². The van der Waals surface area contributed by atoms with E-state index < -0.39 is 11.9 Å². The van der Waals surface area contributed by atoms with Crippen LogP contribution in [0.2, 0.25) is 0 Å². The van der Waals surface area contributed by atoms with Crippen LogP contribution in [0.5, 0.6) is 11.5 Å². The summed E-state index contributed by atoms with van der Waals surface area (Å²) < 4.78 is 26.0. The molecule has 174 valence electrons. The van der Waals surface area contributed by atoms with Crippen LogP contribution in [-0.2, 0) is 11.3 Å². The van der Waals surface area contributed by atoms with Crippen molar-refractivity contribution in [2.75, 3.05) is 13.7 Å². The van der Waals surface area contributed by atoms with Crippen molar-refractivity contribution >= 4 is 30.0 Å². The Labute approximate surface area is 202 Å². The van der Waals surface area contributed by atoms with Gasteiger partial charge >= 0.3 is 0 Å². The molecular weight excluding hydrogens is 446 g/mol. The molecular formula is C27H22BFN2O4. The minimum atomic E-state index is -0.501. The molecule has 4 aromatic rings. The molecule has 8 heteroatoms. The molecule has 35 heavy (non-hydrogen) atoms. The van der Waals surface area contributed by atoms with Crippen LogP contribution in [0, 0.1) is 12.7 Å². The summed E-state index contributed by atoms with van der Waals surface area (Å²) in [4.78, 5) is 30.4. The first-order valence-corrected chi connectivity index (χ1v) is 11.1. The van der Waals surface area contributed by atoms with Crippen LogP contribution in [0.25, 0.3) is 10.8 Å². The molecule has 1 aromatic heterocycles. The van der Waals surface area contributed by atoms with Crippen LogP contribution in [0.1, 0.15) is 33.2 Å². The van der Waals surface area contributed by atoms with Crippen molar-refractivity contribution in [1.82, 2.24) is 9.88 Å². The zero-order valence-electron chi connectivity index (χ0n) is 19.3. The number of benzene rings is 3. The number of aromatic nitrogens is 1. The van der Waals surface area contributed by atoms with Gasteiger partial charge in [-0.2, -0.15) is 0 Å². The quantitative estimate of drug-likeness (QED) is 0.462. The van der Waals surface area contributed by atoms with Gasteiger partial charge in [0.05, 0.1) is 19.3 Å². The Bertz CT molecular complexity index is 1480. The summed E-state index contributed by atoms with van der Waals surface area (Å²) in [5.74, 6) is 0.572. The van der Waals surface area contributed by atoms with E-state index in [4.69, 9.17) is 17.3 Å². The van der Waals surface area contributed by atoms with Crippen LogP contribution in [0.4, 0.5) is 4.39 Å². The molecule has 5 rings (SSSR count). The molecule has 1 unspecified atom stereocenters. The summed E-state index contributed by atoms with van der Waals surface area (Å²) in [5, 5.41) is 0.881. The molecule has 1 N–H and O–H groups in total. The summed E-state index contributed by atoms with van der Waals surface area (Å²) in [7, 11) is 7.37. The minimum Gasteiger partial charge on any atom is -0.457 e. The number of halogens is 1. The number of amides is 1. The highest BCUT2D eigenvalue weighted by Gasteiger charge is 2.31. The highest BCUT2D eigenvalue weighted by atomic mass is 19.1. The molecule has 0 spiro atoms. The first kappa shape index (κ1) is 22.9. The highest BCUT2D eigenvalue weighted by molar-refractivity contribution is 6.32. The van der Waals surface area contributed by atoms with E-state index in [0.717, 1.165) is 0 Å². The molecule has 0 saturated carbocycles. The Balaban J connectivity index is 1.44. The second-order valence-corrected chi connectivity index (χ2v) is 8.64. The number of hydrogen-bond donors (Lipinski definition) is 1. The van der Waals surface area contributed by atoms with Gasteiger partial charge in [-0.25, -0.2) is 4.39 Å². The van der Waals surface area contributed by atoms with Crippen molar-refractivity contribution in [3.63, 3.8) is 0 Å². The lowest BCUT2D eigenvalue weighted by Gasteiger charge is -2.34. The van der Waals surface area contributed by atoms with Crippen molar-refractivity contribution < 1.29 is 18.7 Å². The normalized spacial score (nSPS) is 15.0. The van der Waals surface area contributed by atoms with E-state index in [2.05, 4.69) is 4.98 Å². The predicted molar refractivity (Wildman–Crippen MR) is 132 cm³/mol. The van der Waals surface area contributed by atoms with Gasteiger partial charge in [0.1, 0.15) is 25.2 Å². The molecule has 0 saturated heterocycles. The van der Waals surface area contributed by atoms with Crippen molar-refractivity contribution in [2.24, 2.45) is 0 Å². The highest BCUT2D eigenvalue weighted by Crippen LogP contribution is 2.34. The third kappa shape index (κ3) is 4.33. The lowest BCUT2D eigenvalue weighted by atomic mass is 9.94. The van der Waals surface area contributed by atoms with Gasteiger partial charge in [-0.3, -0.25) is 9.59 Å². The van der Waals surface area contributed by atoms with Crippen molar-refractivity contribution in [1.29, 1.82) is 0 Å². The average molecular weight is 468 g/mol. The Morgan fingerprint density at radius 2 is 1.74 bits per heavy atom. The number of hydrogen-bond acceptors (Lipinski definition) is 4. The number of carbonyl (C=O) groups is 1. The first-order chi connectivity index (χ1) is 16.8. The van der Waals surface area contributed by atoms with Crippen molar-refractivity contribution in [3.8, 4) is 11.5 Å². The average Bonchev–Trinajstić information content (AvgIpc) is 2.86. The number of H-pyrrole nitrogens is 1. The number of carbonyl (C=O) groups excluding carboxylic acids is 1. The first-order valence-electron chi connectivity index (χ1n) is 11.1. The molecule has 0 fully saturated rings. The maximum Gasteiger partial charge on any atom is 0.256 e. The van der Waals surface area contributed by atoms with Gasteiger partial charge in [0.25, 0.3) is 11.5 Å². The molecule has 1 amide bonds. The summed E-state index contributed by atoms with van der Waals surface area (Å²) in [6.45, 7) is 2.03. The van der Waals surface area contributed by atoms with Crippen LogP contribution in [0.3, 0.4) is 0 Å². The van der Waals surface area contributed by atoms with Gasteiger partial charge in [0.2, 0.25) is 0 Å². The van der Waals surface area contributed by atoms with Crippen molar-refractivity contribution in [3.05, 3.63) is 99.2 Å². The number of aromatic amines is 1. The number of likely N-dealkylation sites (N-methyl/N-ethyl adjacent to an activating group) is 1. The molecule has 2 radical (unpaired) electrons. The number of nitrogens with one attached hydrogen (secondary N) is 1. The largest absolute Gasteiger partial charge is 0.457 e. The molecule has 1 atom stereocenters. The summed E-state index contributed by atoms with van der Waals surface area (Å²) in [5.41, 5.74) is 2.43. The SMILES string of the molecule is [B]c1ccc(Oc2ccc(C(=O)N(C)C3COCc4[nH]c(=O)c5cc(C)c(F)cc5c43)cc2)cc1. The van der Waals surface area contributed by atoms with Gasteiger partial charge in [0.15, 0.2) is 0 Å². The molecule has 6 nitrogen and oxygen atoms in total. The maximum atomic E-state index is 14.5. The standard InChI is InChI=1S/C27H22BFN2O4/c1-15-11-21-20(12-22(15)29)25-23(30-26(21)32)13-34-14-24(25)31(2)27(33)16-3-7-18(8-4-16)35-19-9-5-17(28)6-10-19/h3-12,24H,13-14H2,1-2H3,(H,30,32). The van der Waals surface area contributed by atoms with E-state index in [1.54, 1.807) is 67.4 Å². The van der Waals surface area contributed by atoms with E-state index in [1.807, 2.05) is 0 Å². The second kappa shape index (κ2) is 9.04. The summed E-state index contributed by atoms with van der Waals surface area (Å²) in [6, 6.07) is 16.2. The lowest BCUT2D eigenvalue weighted by molar-refractivity contribution is 0.0335. The summed E-state index contributed by atoms with van der Waals surface area (Å²) >= 11 is 0. The van der Waals surface area contributed by atoms with E-state index >= 15 is 0 Å². The second-order valence-electron chi connectivity index (χ2n) is 8.64. The maximum absolute atomic E-state index is 14.5. The number of pyridine rings is 1. The molecule has 1 aliphatic heterocycles. The van der Waals surface area contributed by atoms with Crippen LogP contribution < -0.4 is 15.8 Å². The van der Waals surface area contributed by atoms with Crippen molar-refractivity contribution in [2.45, 2.75) is 19.6 Å². The van der Waals surface area contributed by atoms with Gasteiger partial charge < -0.3 is 19.4 Å².